The fraction of sp³-hybridized carbons (Fsp3) is 0.111. The first-order valence-corrected chi connectivity index (χ1v) is 6.96. The third kappa shape index (κ3) is 2.76. The zero-order chi connectivity index (χ0) is 15.5. The third-order valence-corrected chi connectivity index (χ3v) is 3.47. The number of benzene rings is 2. The Bertz CT molecular complexity index is 772. The molecule has 0 saturated carbocycles. The number of anilines is 1. The minimum atomic E-state index is 0.583. The average Bonchev–Trinajstić information content (AvgIpc) is 3.05. The van der Waals surface area contributed by atoms with E-state index in [1.807, 2.05) is 55.4 Å². The van der Waals surface area contributed by atoms with E-state index >= 15 is 0 Å². The lowest BCUT2D eigenvalue weighted by molar-refractivity contribution is 0.112. The van der Waals surface area contributed by atoms with E-state index in [4.69, 9.17) is 4.42 Å². The number of oxazole rings is 1. The van der Waals surface area contributed by atoms with E-state index in [1.165, 1.54) is 0 Å². The fourth-order valence-corrected chi connectivity index (χ4v) is 2.17. The van der Waals surface area contributed by atoms with Crippen LogP contribution in [0.4, 0.5) is 5.69 Å². The van der Waals surface area contributed by atoms with Crippen LogP contribution in [0, 0.1) is 0 Å². The van der Waals surface area contributed by atoms with Crippen molar-refractivity contribution in [2.75, 3.05) is 19.0 Å². The third-order valence-electron chi connectivity index (χ3n) is 3.47. The van der Waals surface area contributed by atoms with Crippen LogP contribution in [0.3, 0.4) is 0 Å². The predicted molar refractivity (Wildman–Crippen MR) is 87.1 cm³/mol. The van der Waals surface area contributed by atoms with Crippen LogP contribution in [0.1, 0.15) is 10.4 Å². The van der Waals surface area contributed by atoms with E-state index in [-0.39, 0.29) is 0 Å². The van der Waals surface area contributed by atoms with Crippen LogP contribution < -0.4 is 4.90 Å². The normalized spacial score (nSPS) is 10.5. The average molecular weight is 292 g/mol. The molecule has 0 saturated heterocycles. The monoisotopic (exact) mass is 292 g/mol. The first kappa shape index (κ1) is 14.1. The number of nitrogens with zero attached hydrogens (tertiary/aromatic N) is 2. The van der Waals surface area contributed by atoms with Crippen molar-refractivity contribution in [2.24, 2.45) is 0 Å². The van der Waals surface area contributed by atoms with Crippen molar-refractivity contribution in [3.05, 3.63) is 60.3 Å². The largest absolute Gasteiger partial charge is 0.436 e. The van der Waals surface area contributed by atoms with Gasteiger partial charge in [-0.3, -0.25) is 4.79 Å². The molecule has 0 aliphatic heterocycles. The van der Waals surface area contributed by atoms with Gasteiger partial charge in [0.1, 0.15) is 6.29 Å². The van der Waals surface area contributed by atoms with E-state index in [2.05, 4.69) is 4.98 Å². The van der Waals surface area contributed by atoms with Gasteiger partial charge >= 0.3 is 0 Å². The van der Waals surface area contributed by atoms with Crippen molar-refractivity contribution in [3.8, 4) is 22.8 Å². The standard InChI is InChI=1S/C18H16N2O2/c1-20(2)16-9-7-15(8-10-16)18-19-11-17(22-18)14-5-3-13(12-21)4-6-14/h3-12H,1-2H3. The molecule has 1 aromatic heterocycles. The van der Waals surface area contributed by atoms with Crippen LogP contribution >= 0.6 is 0 Å². The molecular formula is C18H16N2O2. The van der Waals surface area contributed by atoms with Crippen LogP contribution in [-0.2, 0) is 0 Å². The van der Waals surface area contributed by atoms with E-state index in [9.17, 15) is 4.79 Å². The van der Waals surface area contributed by atoms with Gasteiger partial charge in [0.15, 0.2) is 5.76 Å². The highest BCUT2D eigenvalue weighted by atomic mass is 16.4. The molecule has 0 amide bonds. The molecule has 0 spiro atoms. The summed E-state index contributed by atoms with van der Waals surface area (Å²) >= 11 is 0. The number of carbonyl (C=O) groups excluding carboxylic acids is 1. The molecule has 3 aromatic rings. The van der Waals surface area contributed by atoms with Crippen molar-refractivity contribution in [2.45, 2.75) is 0 Å². The molecule has 0 radical (unpaired) electrons. The van der Waals surface area contributed by atoms with Crippen LogP contribution in [0.5, 0.6) is 0 Å². The lowest BCUT2D eigenvalue weighted by Gasteiger charge is -2.11. The molecule has 0 N–H and O–H groups in total. The van der Waals surface area contributed by atoms with Crippen molar-refractivity contribution in [3.63, 3.8) is 0 Å². The Kier molecular flexibility index (Phi) is 3.74. The summed E-state index contributed by atoms with van der Waals surface area (Å²) in [6, 6.07) is 15.2. The molecule has 3 rings (SSSR count). The molecule has 0 aliphatic rings. The van der Waals surface area contributed by atoms with Crippen LogP contribution in [0.25, 0.3) is 22.8 Å². The summed E-state index contributed by atoms with van der Waals surface area (Å²) < 4.78 is 5.82. The van der Waals surface area contributed by atoms with Gasteiger partial charge < -0.3 is 9.32 Å². The summed E-state index contributed by atoms with van der Waals surface area (Å²) in [7, 11) is 4.00. The number of hydrogen-bond donors (Lipinski definition) is 0. The maximum atomic E-state index is 10.7. The molecule has 0 unspecified atom stereocenters. The van der Waals surface area contributed by atoms with E-state index < -0.39 is 0 Å². The summed E-state index contributed by atoms with van der Waals surface area (Å²) in [4.78, 5) is 17.1. The molecule has 2 aromatic carbocycles. The van der Waals surface area contributed by atoms with Crippen molar-refractivity contribution >= 4 is 12.0 Å². The number of hydrogen-bond acceptors (Lipinski definition) is 4. The first-order valence-electron chi connectivity index (χ1n) is 6.96. The van der Waals surface area contributed by atoms with Crippen LogP contribution in [-0.4, -0.2) is 25.4 Å². The minimum absolute atomic E-state index is 0.583. The molecule has 22 heavy (non-hydrogen) atoms. The maximum absolute atomic E-state index is 10.7. The molecule has 0 bridgehead atoms. The number of aldehydes is 1. The second kappa shape index (κ2) is 5.85. The molecule has 4 nitrogen and oxygen atoms in total. The summed E-state index contributed by atoms with van der Waals surface area (Å²) in [6.45, 7) is 0. The second-order valence-corrected chi connectivity index (χ2v) is 5.21. The Labute approximate surface area is 129 Å². The van der Waals surface area contributed by atoms with Crippen LogP contribution in [0.2, 0.25) is 0 Å². The summed E-state index contributed by atoms with van der Waals surface area (Å²) in [5, 5.41) is 0. The van der Waals surface area contributed by atoms with Crippen molar-refractivity contribution in [1.29, 1.82) is 0 Å². The van der Waals surface area contributed by atoms with Gasteiger partial charge in [-0.05, 0) is 24.3 Å². The predicted octanol–water partition coefficient (Wildman–Crippen LogP) is 3.89. The molecule has 0 atom stereocenters. The van der Waals surface area contributed by atoms with Gasteiger partial charge in [0, 0.05) is 36.5 Å². The second-order valence-electron chi connectivity index (χ2n) is 5.21. The maximum Gasteiger partial charge on any atom is 0.226 e. The van der Waals surface area contributed by atoms with E-state index in [1.54, 1.807) is 18.3 Å². The molecule has 0 aliphatic carbocycles. The van der Waals surface area contributed by atoms with Gasteiger partial charge in [-0.1, -0.05) is 24.3 Å². The lowest BCUT2D eigenvalue weighted by Crippen LogP contribution is -2.07. The van der Waals surface area contributed by atoms with Gasteiger partial charge in [-0.15, -0.1) is 0 Å². The topological polar surface area (TPSA) is 46.3 Å². The van der Waals surface area contributed by atoms with Crippen molar-refractivity contribution in [1.82, 2.24) is 4.98 Å². The summed E-state index contributed by atoms with van der Waals surface area (Å²) in [5.74, 6) is 1.27. The Morgan fingerprint density at radius 1 is 0.955 bits per heavy atom. The lowest BCUT2D eigenvalue weighted by atomic mass is 10.1. The molecule has 1 heterocycles. The zero-order valence-electron chi connectivity index (χ0n) is 12.5. The molecule has 4 heteroatoms. The Balaban J connectivity index is 1.87. The highest BCUT2D eigenvalue weighted by molar-refractivity contribution is 5.76. The SMILES string of the molecule is CN(C)c1ccc(-c2ncc(-c3ccc(C=O)cc3)o2)cc1. The first-order chi connectivity index (χ1) is 10.7. The van der Waals surface area contributed by atoms with Gasteiger partial charge in [-0.25, -0.2) is 4.98 Å². The fourth-order valence-electron chi connectivity index (χ4n) is 2.17. The molecule has 0 fully saturated rings. The van der Waals surface area contributed by atoms with Crippen molar-refractivity contribution < 1.29 is 9.21 Å². The Morgan fingerprint density at radius 2 is 1.59 bits per heavy atom. The summed E-state index contributed by atoms with van der Waals surface area (Å²) in [5.41, 5.74) is 3.60. The highest BCUT2D eigenvalue weighted by Gasteiger charge is 2.09. The number of rotatable bonds is 4. The minimum Gasteiger partial charge on any atom is -0.436 e. The highest BCUT2D eigenvalue weighted by Crippen LogP contribution is 2.27. The summed E-state index contributed by atoms with van der Waals surface area (Å²) in [6.07, 6.45) is 2.52. The van der Waals surface area contributed by atoms with Crippen LogP contribution in [0.15, 0.2) is 59.1 Å². The van der Waals surface area contributed by atoms with E-state index in [0.717, 1.165) is 23.1 Å². The van der Waals surface area contributed by atoms with Gasteiger partial charge in [-0.2, -0.15) is 0 Å². The van der Waals surface area contributed by atoms with Gasteiger partial charge in [0.2, 0.25) is 5.89 Å². The molecular weight excluding hydrogens is 276 g/mol. The Hall–Kier alpha value is -2.88. The number of aromatic nitrogens is 1. The number of carbonyl (C=O) groups is 1. The quantitative estimate of drug-likeness (QED) is 0.684. The zero-order valence-corrected chi connectivity index (χ0v) is 12.5. The van der Waals surface area contributed by atoms with E-state index in [0.29, 0.717) is 17.2 Å². The van der Waals surface area contributed by atoms with Gasteiger partial charge in [0.25, 0.3) is 0 Å². The molecule has 110 valence electrons. The smallest absolute Gasteiger partial charge is 0.226 e. The Morgan fingerprint density at radius 3 is 2.18 bits per heavy atom. The van der Waals surface area contributed by atoms with Gasteiger partial charge in [0.05, 0.1) is 6.20 Å².